The summed E-state index contributed by atoms with van der Waals surface area (Å²) in [7, 11) is 4.57. The lowest BCUT2D eigenvalue weighted by Crippen LogP contribution is -3.19. The summed E-state index contributed by atoms with van der Waals surface area (Å²) < 4.78 is 0. The van der Waals surface area contributed by atoms with Gasteiger partial charge in [0.2, 0.25) is 0 Å². The van der Waals surface area contributed by atoms with Crippen LogP contribution in [0.5, 0.6) is 0 Å². The van der Waals surface area contributed by atoms with Crippen molar-refractivity contribution in [3.63, 3.8) is 0 Å². The van der Waals surface area contributed by atoms with Crippen LogP contribution in [0.1, 0.15) is 43.8 Å². The molecule has 0 bridgehead atoms. The Morgan fingerprint density at radius 3 is 2.40 bits per heavy atom. The minimum atomic E-state index is -0.353. The van der Waals surface area contributed by atoms with Crippen molar-refractivity contribution in [1.29, 1.82) is 0 Å². The number of hydrogen-bond donors (Lipinski definition) is 3. The van der Waals surface area contributed by atoms with E-state index in [1.54, 1.807) is 4.90 Å². The fraction of sp³-hybridized carbons (Fsp3) is 0.647. The number of rotatable bonds is 6. The molecule has 3 heteroatoms. The van der Waals surface area contributed by atoms with Gasteiger partial charge in [-0.15, -0.1) is 0 Å². The molecule has 1 aromatic rings. The Kier molecular flexibility index (Phi) is 5.58. The molecule has 4 N–H and O–H groups in total. The first-order valence-electron chi connectivity index (χ1n) is 7.99. The molecule has 0 aliphatic heterocycles. The fourth-order valence-corrected chi connectivity index (χ4v) is 3.47. The molecular formula is C17H30N2O+2. The van der Waals surface area contributed by atoms with E-state index in [4.69, 9.17) is 0 Å². The number of likely N-dealkylation sites (N-methyl/N-ethyl adjacent to an activating group) is 1. The van der Waals surface area contributed by atoms with Gasteiger partial charge in [0.1, 0.15) is 24.7 Å². The lowest BCUT2D eigenvalue weighted by Gasteiger charge is -2.38. The monoisotopic (exact) mass is 278 g/mol. The van der Waals surface area contributed by atoms with Crippen LogP contribution < -0.4 is 10.2 Å². The summed E-state index contributed by atoms with van der Waals surface area (Å²) in [6, 6.07) is 9.99. The molecule has 112 valence electrons. The smallest absolute Gasteiger partial charge is 0.146 e. The summed E-state index contributed by atoms with van der Waals surface area (Å²) in [5, 5.41) is 12.5. The number of aliphatic hydroxyl groups excluding tert-OH is 1. The van der Waals surface area contributed by atoms with Gasteiger partial charge in [-0.05, 0) is 18.4 Å². The maximum Gasteiger partial charge on any atom is 0.146 e. The van der Waals surface area contributed by atoms with Gasteiger partial charge < -0.3 is 15.3 Å². The van der Waals surface area contributed by atoms with Crippen LogP contribution in [0.15, 0.2) is 30.3 Å². The van der Waals surface area contributed by atoms with Gasteiger partial charge in [0.25, 0.3) is 0 Å². The molecule has 0 saturated heterocycles. The largest absolute Gasteiger partial charge is 0.382 e. The molecule has 0 spiro atoms. The third-order valence-corrected chi connectivity index (χ3v) is 4.98. The van der Waals surface area contributed by atoms with Crippen molar-refractivity contribution >= 4 is 0 Å². The molecule has 0 heterocycles. The van der Waals surface area contributed by atoms with Gasteiger partial charge in [-0.25, -0.2) is 0 Å². The molecule has 1 fully saturated rings. The first kappa shape index (κ1) is 15.5. The minimum Gasteiger partial charge on any atom is -0.382 e. The van der Waals surface area contributed by atoms with Crippen LogP contribution >= 0.6 is 0 Å². The van der Waals surface area contributed by atoms with Crippen molar-refractivity contribution < 1.29 is 15.3 Å². The Morgan fingerprint density at radius 1 is 1.15 bits per heavy atom. The number of aliphatic hydroxyl groups is 1. The van der Waals surface area contributed by atoms with Crippen molar-refractivity contribution in [2.75, 3.05) is 27.2 Å². The summed E-state index contributed by atoms with van der Waals surface area (Å²) >= 11 is 0. The number of quaternary nitrogens is 2. The highest BCUT2D eigenvalue weighted by molar-refractivity contribution is 5.16. The van der Waals surface area contributed by atoms with Crippen LogP contribution in [0, 0.1) is 0 Å². The second-order valence-electron chi connectivity index (χ2n) is 6.50. The summed E-state index contributed by atoms with van der Waals surface area (Å²) in [6.07, 6.45) is 6.41. The topological polar surface area (TPSA) is 41.3 Å². The van der Waals surface area contributed by atoms with Crippen LogP contribution in [-0.2, 0) is 0 Å². The van der Waals surface area contributed by atoms with Crippen LogP contribution in [0.25, 0.3) is 0 Å². The van der Waals surface area contributed by atoms with Crippen LogP contribution in [0.3, 0.4) is 0 Å². The molecule has 1 aromatic carbocycles. The summed E-state index contributed by atoms with van der Waals surface area (Å²) in [5.74, 6) is 0. The van der Waals surface area contributed by atoms with Crippen molar-refractivity contribution in [2.24, 2.45) is 0 Å². The van der Waals surface area contributed by atoms with Crippen LogP contribution in [-0.4, -0.2) is 37.8 Å². The molecule has 1 aliphatic rings. The van der Waals surface area contributed by atoms with E-state index in [9.17, 15) is 5.11 Å². The normalized spacial score (nSPS) is 20.0. The molecule has 1 aliphatic carbocycles. The second kappa shape index (κ2) is 7.21. The lowest BCUT2D eigenvalue weighted by atomic mass is 9.80. The highest BCUT2D eigenvalue weighted by Crippen LogP contribution is 2.24. The van der Waals surface area contributed by atoms with Gasteiger partial charge in [0, 0.05) is 12.8 Å². The van der Waals surface area contributed by atoms with Gasteiger partial charge in [-0.1, -0.05) is 36.8 Å². The number of hydrogen-bond acceptors (Lipinski definition) is 1. The third kappa shape index (κ3) is 3.81. The SMILES string of the molecule is C[NH+](C)C1(C[NH2+]C[C@H](O)c2ccccc2)CCCCC1. The molecule has 0 aromatic heterocycles. The predicted octanol–water partition coefficient (Wildman–Crippen LogP) is 0.131. The Labute approximate surface area is 123 Å². The van der Waals surface area contributed by atoms with E-state index >= 15 is 0 Å². The van der Waals surface area contributed by atoms with Gasteiger partial charge in [-0.2, -0.15) is 0 Å². The Bertz CT molecular complexity index is 385. The average molecular weight is 278 g/mol. The molecule has 0 unspecified atom stereocenters. The molecule has 0 radical (unpaired) electrons. The predicted molar refractivity (Wildman–Crippen MR) is 81.7 cm³/mol. The van der Waals surface area contributed by atoms with Crippen molar-refractivity contribution in [3.05, 3.63) is 35.9 Å². The summed E-state index contributed by atoms with van der Waals surface area (Å²) in [6.45, 7) is 1.89. The van der Waals surface area contributed by atoms with Gasteiger partial charge >= 0.3 is 0 Å². The van der Waals surface area contributed by atoms with Gasteiger partial charge in [0.15, 0.2) is 0 Å². The molecular weight excluding hydrogens is 248 g/mol. The quantitative estimate of drug-likeness (QED) is 0.680. The summed E-state index contributed by atoms with van der Waals surface area (Å²) in [4.78, 5) is 1.57. The molecule has 1 atom stereocenters. The van der Waals surface area contributed by atoms with Crippen molar-refractivity contribution in [3.8, 4) is 0 Å². The minimum absolute atomic E-state index is 0.353. The molecule has 1 saturated carbocycles. The standard InChI is InChI=1S/C17H28N2O/c1-19(2)17(11-7-4-8-12-17)14-18-13-16(20)15-9-5-3-6-10-15/h3,5-6,9-10,16,18,20H,4,7-8,11-14H2,1-2H3/p+2/t16-/m0/s1. The van der Waals surface area contributed by atoms with E-state index in [-0.39, 0.29) is 6.10 Å². The first-order chi connectivity index (χ1) is 9.64. The first-order valence-corrected chi connectivity index (χ1v) is 7.99. The summed E-state index contributed by atoms with van der Waals surface area (Å²) in [5.41, 5.74) is 1.44. The number of nitrogens with two attached hydrogens (primary N) is 1. The van der Waals surface area contributed by atoms with E-state index in [1.807, 2.05) is 30.3 Å². The zero-order valence-corrected chi connectivity index (χ0v) is 12.9. The molecule has 2 rings (SSSR count). The second-order valence-corrected chi connectivity index (χ2v) is 6.50. The lowest BCUT2D eigenvalue weighted by molar-refractivity contribution is -0.935. The molecule has 20 heavy (non-hydrogen) atoms. The van der Waals surface area contributed by atoms with E-state index in [2.05, 4.69) is 19.4 Å². The van der Waals surface area contributed by atoms with Crippen molar-refractivity contribution in [1.82, 2.24) is 0 Å². The van der Waals surface area contributed by atoms with Crippen LogP contribution in [0.4, 0.5) is 0 Å². The molecule has 3 nitrogen and oxygen atoms in total. The number of benzene rings is 1. The van der Waals surface area contributed by atoms with E-state index < -0.39 is 0 Å². The average Bonchev–Trinajstić information content (AvgIpc) is 2.49. The van der Waals surface area contributed by atoms with Crippen LogP contribution in [0.2, 0.25) is 0 Å². The van der Waals surface area contributed by atoms with E-state index in [0.29, 0.717) is 5.54 Å². The zero-order chi connectivity index (χ0) is 14.4. The highest BCUT2D eigenvalue weighted by Gasteiger charge is 2.39. The van der Waals surface area contributed by atoms with Crippen molar-refractivity contribution in [2.45, 2.75) is 43.7 Å². The Balaban J connectivity index is 1.84. The van der Waals surface area contributed by atoms with E-state index in [0.717, 1.165) is 18.7 Å². The maximum absolute atomic E-state index is 10.2. The maximum atomic E-state index is 10.2. The zero-order valence-electron chi connectivity index (χ0n) is 12.9. The highest BCUT2D eigenvalue weighted by atomic mass is 16.3. The molecule has 0 amide bonds. The fourth-order valence-electron chi connectivity index (χ4n) is 3.47. The Hall–Kier alpha value is -0.900. The third-order valence-electron chi connectivity index (χ3n) is 4.98. The van der Waals surface area contributed by atoms with E-state index in [1.165, 1.54) is 32.1 Å². The van der Waals surface area contributed by atoms with Gasteiger partial charge in [0.05, 0.1) is 14.1 Å². The number of nitrogens with one attached hydrogen (secondary N) is 1. The van der Waals surface area contributed by atoms with Gasteiger partial charge in [-0.3, -0.25) is 0 Å². The Morgan fingerprint density at radius 2 is 1.80 bits per heavy atom.